The van der Waals surface area contributed by atoms with Crippen molar-refractivity contribution in [3.05, 3.63) is 51.1 Å². The third kappa shape index (κ3) is 4.10. The van der Waals surface area contributed by atoms with Crippen LogP contribution in [-0.2, 0) is 5.75 Å². The van der Waals surface area contributed by atoms with Gasteiger partial charge in [0.2, 0.25) is 0 Å². The molecule has 0 saturated carbocycles. The summed E-state index contributed by atoms with van der Waals surface area (Å²) in [7, 11) is 0. The molecule has 3 aromatic rings. The quantitative estimate of drug-likeness (QED) is 0.557. The zero-order valence-corrected chi connectivity index (χ0v) is 15.6. The first-order valence-corrected chi connectivity index (χ1v) is 9.83. The van der Waals surface area contributed by atoms with Gasteiger partial charge < -0.3 is 5.32 Å². The topological polar surface area (TPSA) is 37.8 Å². The van der Waals surface area contributed by atoms with E-state index in [0.29, 0.717) is 0 Å². The Kier molecular flexibility index (Phi) is 5.64. The molecule has 0 radical (unpaired) electrons. The molecule has 0 atom stereocenters. The fourth-order valence-electron chi connectivity index (χ4n) is 2.20. The van der Waals surface area contributed by atoms with Crippen LogP contribution in [0.3, 0.4) is 0 Å². The Balaban J connectivity index is 1.53. The molecule has 0 bridgehead atoms. The molecule has 2 aromatic heterocycles. The second kappa shape index (κ2) is 7.71. The first kappa shape index (κ1) is 16.8. The molecule has 2 heterocycles. The number of anilines is 1. The molecule has 0 amide bonds. The maximum Gasteiger partial charge on any atom is 0.138 e. The Morgan fingerprint density at radius 2 is 2.00 bits per heavy atom. The molecular formula is C16H15Cl2N3S2. The van der Waals surface area contributed by atoms with Crippen LogP contribution in [0.15, 0.2) is 30.6 Å². The highest BCUT2D eigenvalue weighted by Crippen LogP contribution is 2.29. The Morgan fingerprint density at radius 1 is 1.22 bits per heavy atom. The lowest BCUT2D eigenvalue weighted by atomic mass is 10.2. The van der Waals surface area contributed by atoms with Gasteiger partial charge >= 0.3 is 0 Å². The number of hydrogen-bond acceptors (Lipinski definition) is 5. The maximum absolute atomic E-state index is 6.18. The number of halogens is 2. The van der Waals surface area contributed by atoms with Crippen molar-refractivity contribution < 1.29 is 0 Å². The van der Waals surface area contributed by atoms with E-state index in [0.717, 1.165) is 49.7 Å². The minimum Gasteiger partial charge on any atom is -0.369 e. The molecule has 0 fully saturated rings. The summed E-state index contributed by atoms with van der Waals surface area (Å²) < 4.78 is 0. The Hall–Kier alpha value is -1.01. The fraction of sp³-hybridized carbons (Fsp3) is 0.250. The maximum atomic E-state index is 6.18. The highest BCUT2D eigenvalue weighted by Gasteiger charge is 2.07. The highest BCUT2D eigenvalue weighted by molar-refractivity contribution is 7.98. The van der Waals surface area contributed by atoms with E-state index >= 15 is 0 Å². The van der Waals surface area contributed by atoms with Crippen LogP contribution in [0.4, 0.5) is 5.82 Å². The number of aryl methyl sites for hydroxylation is 1. The molecule has 0 unspecified atom stereocenters. The van der Waals surface area contributed by atoms with Crippen molar-refractivity contribution in [2.75, 3.05) is 17.6 Å². The van der Waals surface area contributed by atoms with Crippen molar-refractivity contribution in [3.63, 3.8) is 0 Å². The van der Waals surface area contributed by atoms with E-state index in [-0.39, 0.29) is 0 Å². The van der Waals surface area contributed by atoms with E-state index in [1.54, 1.807) is 29.4 Å². The minimum absolute atomic E-state index is 0.726. The fourth-order valence-corrected chi connectivity index (χ4v) is 4.65. The van der Waals surface area contributed by atoms with Crippen LogP contribution in [0, 0.1) is 6.92 Å². The zero-order valence-electron chi connectivity index (χ0n) is 12.5. The molecule has 3 rings (SSSR count). The van der Waals surface area contributed by atoms with Crippen molar-refractivity contribution >= 4 is 62.3 Å². The second-order valence-electron chi connectivity index (χ2n) is 4.98. The minimum atomic E-state index is 0.726. The highest BCUT2D eigenvalue weighted by atomic mass is 35.5. The van der Waals surface area contributed by atoms with Gasteiger partial charge in [0.05, 0.1) is 5.39 Å². The van der Waals surface area contributed by atoms with Gasteiger partial charge in [-0.2, -0.15) is 11.8 Å². The first-order chi connectivity index (χ1) is 11.1. The van der Waals surface area contributed by atoms with Gasteiger partial charge in [-0.15, -0.1) is 11.3 Å². The summed E-state index contributed by atoms with van der Waals surface area (Å²) in [5.74, 6) is 2.64. The van der Waals surface area contributed by atoms with Gasteiger partial charge in [0.1, 0.15) is 17.0 Å². The summed E-state index contributed by atoms with van der Waals surface area (Å²) >= 11 is 15.8. The van der Waals surface area contributed by atoms with Gasteiger partial charge in [-0.25, -0.2) is 9.97 Å². The predicted octanol–water partition coefficient (Wildman–Crippen LogP) is 5.65. The number of nitrogens with zero attached hydrogens (tertiary/aromatic N) is 2. The Morgan fingerprint density at radius 3 is 2.78 bits per heavy atom. The van der Waals surface area contributed by atoms with Crippen molar-refractivity contribution in [2.24, 2.45) is 0 Å². The monoisotopic (exact) mass is 383 g/mol. The molecule has 0 aliphatic rings. The lowest BCUT2D eigenvalue weighted by molar-refractivity contribution is 1.15. The number of hydrogen-bond donors (Lipinski definition) is 1. The lowest BCUT2D eigenvalue weighted by Crippen LogP contribution is -2.06. The number of benzene rings is 1. The normalized spacial score (nSPS) is 11.1. The van der Waals surface area contributed by atoms with Gasteiger partial charge in [-0.1, -0.05) is 29.3 Å². The van der Waals surface area contributed by atoms with E-state index in [4.69, 9.17) is 23.2 Å². The number of fused-ring (bicyclic) bond motifs is 1. The van der Waals surface area contributed by atoms with Gasteiger partial charge in [0.25, 0.3) is 0 Å². The Labute approximate surface area is 153 Å². The average Bonchev–Trinajstić information content (AvgIpc) is 2.90. The standard InChI is InChI=1S/C16H15Cl2N3S2/c1-10-7-11-15(20-9-21-16(11)23-10)19-5-6-22-8-12-13(17)3-2-4-14(12)18/h2-4,7,9H,5-6,8H2,1H3,(H,19,20,21). The van der Waals surface area contributed by atoms with Crippen LogP contribution in [-0.4, -0.2) is 22.3 Å². The average molecular weight is 384 g/mol. The summed E-state index contributed by atoms with van der Waals surface area (Å²) in [4.78, 5) is 10.9. The third-order valence-electron chi connectivity index (χ3n) is 3.30. The summed E-state index contributed by atoms with van der Waals surface area (Å²) in [6.45, 7) is 2.91. The summed E-state index contributed by atoms with van der Waals surface area (Å²) in [6, 6.07) is 7.73. The van der Waals surface area contributed by atoms with Crippen LogP contribution in [0.5, 0.6) is 0 Å². The smallest absolute Gasteiger partial charge is 0.138 e. The van der Waals surface area contributed by atoms with E-state index in [2.05, 4.69) is 28.3 Å². The zero-order chi connectivity index (χ0) is 16.2. The predicted molar refractivity (Wildman–Crippen MR) is 103 cm³/mol. The number of rotatable bonds is 6. The van der Waals surface area contributed by atoms with Crippen LogP contribution in [0.1, 0.15) is 10.4 Å². The summed E-state index contributed by atoms with van der Waals surface area (Å²) in [5.41, 5.74) is 0.999. The SMILES string of the molecule is Cc1cc2c(NCCSCc3c(Cl)cccc3Cl)ncnc2s1. The number of aromatic nitrogens is 2. The van der Waals surface area contributed by atoms with Gasteiger partial charge in [0.15, 0.2) is 0 Å². The summed E-state index contributed by atoms with van der Waals surface area (Å²) in [5, 5.41) is 5.93. The molecule has 0 aliphatic heterocycles. The first-order valence-electron chi connectivity index (χ1n) is 7.11. The van der Waals surface area contributed by atoms with Crippen LogP contribution in [0.2, 0.25) is 10.0 Å². The molecule has 23 heavy (non-hydrogen) atoms. The van der Waals surface area contributed by atoms with Crippen molar-refractivity contribution in [1.82, 2.24) is 9.97 Å². The van der Waals surface area contributed by atoms with Gasteiger partial charge in [0, 0.05) is 33.0 Å². The van der Waals surface area contributed by atoms with Crippen molar-refractivity contribution in [2.45, 2.75) is 12.7 Å². The van der Waals surface area contributed by atoms with Crippen molar-refractivity contribution in [1.29, 1.82) is 0 Å². The molecular weight excluding hydrogens is 369 g/mol. The lowest BCUT2D eigenvalue weighted by Gasteiger charge is -2.08. The molecule has 120 valence electrons. The molecule has 0 saturated heterocycles. The molecule has 7 heteroatoms. The second-order valence-corrected chi connectivity index (χ2v) is 8.13. The van der Waals surface area contributed by atoms with Crippen LogP contribution in [0.25, 0.3) is 10.2 Å². The van der Waals surface area contributed by atoms with E-state index in [1.807, 2.05) is 18.2 Å². The van der Waals surface area contributed by atoms with E-state index in [1.165, 1.54) is 4.88 Å². The Bertz CT molecular complexity index is 800. The van der Waals surface area contributed by atoms with Crippen LogP contribution < -0.4 is 5.32 Å². The van der Waals surface area contributed by atoms with Gasteiger partial charge in [-0.05, 0) is 30.7 Å². The third-order valence-corrected chi connectivity index (χ3v) is 5.95. The molecule has 3 nitrogen and oxygen atoms in total. The van der Waals surface area contributed by atoms with Crippen molar-refractivity contribution in [3.8, 4) is 0 Å². The number of thioether (sulfide) groups is 1. The van der Waals surface area contributed by atoms with Crippen LogP contribution >= 0.6 is 46.3 Å². The largest absolute Gasteiger partial charge is 0.369 e. The van der Waals surface area contributed by atoms with Gasteiger partial charge in [-0.3, -0.25) is 0 Å². The molecule has 1 N–H and O–H groups in total. The molecule has 1 aromatic carbocycles. The molecule has 0 aliphatic carbocycles. The molecule has 0 spiro atoms. The van der Waals surface area contributed by atoms with E-state index in [9.17, 15) is 0 Å². The van der Waals surface area contributed by atoms with E-state index < -0.39 is 0 Å². The summed E-state index contributed by atoms with van der Waals surface area (Å²) in [6.07, 6.45) is 1.61. The number of thiophene rings is 1. The number of nitrogens with one attached hydrogen (secondary N) is 1.